The van der Waals surface area contributed by atoms with Gasteiger partial charge in [0.05, 0.1) is 6.54 Å². The van der Waals surface area contributed by atoms with Gasteiger partial charge in [0.25, 0.3) is 0 Å². The molecule has 12 N–H and O–H groups in total. The number of nitrogens with one attached hydrogen (secondary N) is 1. The molecule has 0 saturated heterocycles. The summed E-state index contributed by atoms with van der Waals surface area (Å²) in [4.78, 5) is 39.1. The summed E-state index contributed by atoms with van der Waals surface area (Å²) in [6, 6.07) is -2.21. The lowest BCUT2D eigenvalue weighted by Gasteiger charge is -2.05. The summed E-state index contributed by atoms with van der Waals surface area (Å²) in [7, 11) is 0. The van der Waals surface area contributed by atoms with Gasteiger partial charge in [0.15, 0.2) is 0 Å². The zero-order valence-electron chi connectivity index (χ0n) is 12.8. The molecule has 12 nitrogen and oxygen atoms in total. The lowest BCUT2D eigenvalue weighted by molar-refractivity contribution is -0.139. The van der Waals surface area contributed by atoms with Gasteiger partial charge in [-0.05, 0) is 19.8 Å². The average molecular weight is 339 g/mol. The normalized spacial score (nSPS) is 11.5. The lowest BCUT2D eigenvalue weighted by atomic mass is 10.2. The van der Waals surface area contributed by atoms with Crippen molar-refractivity contribution in [2.24, 2.45) is 22.9 Å². The first-order valence-corrected chi connectivity index (χ1v) is 6.37. The number of hydrogen-bond acceptors (Lipinski definition) is 7. The molecular formula is C11H25N5O7. The molecule has 0 aliphatic carbocycles. The quantitative estimate of drug-likeness (QED) is 0.223. The van der Waals surface area contributed by atoms with Gasteiger partial charge in [-0.3, -0.25) is 14.4 Å². The molecule has 0 aromatic carbocycles. The third-order valence-electron chi connectivity index (χ3n) is 1.87. The highest BCUT2D eigenvalue weighted by molar-refractivity contribution is 5.73. The van der Waals surface area contributed by atoms with Crippen LogP contribution in [0.3, 0.4) is 0 Å². The van der Waals surface area contributed by atoms with Crippen molar-refractivity contribution >= 4 is 23.9 Å². The predicted octanol–water partition coefficient (Wildman–Crippen LogP) is -2.71. The molecule has 0 saturated carbocycles. The Balaban J connectivity index is -0.000000303. The number of carboxylic acids is 3. The maximum Gasteiger partial charge on any atom is 0.320 e. The van der Waals surface area contributed by atoms with E-state index in [2.05, 4.69) is 11.1 Å². The summed E-state index contributed by atoms with van der Waals surface area (Å²) < 4.78 is 0. The van der Waals surface area contributed by atoms with Crippen LogP contribution >= 0.6 is 0 Å². The van der Waals surface area contributed by atoms with E-state index in [1.165, 1.54) is 6.92 Å². The van der Waals surface area contributed by atoms with Crippen LogP contribution in [-0.4, -0.2) is 64.4 Å². The number of aliphatic carboxylic acids is 3. The van der Waals surface area contributed by atoms with Crippen LogP contribution in [0.5, 0.6) is 0 Å². The summed E-state index contributed by atoms with van der Waals surface area (Å²) in [5, 5.41) is 26.1. The van der Waals surface area contributed by atoms with Crippen molar-refractivity contribution in [3.63, 3.8) is 0 Å². The molecule has 0 aliphatic rings. The molecular weight excluding hydrogens is 314 g/mol. The average Bonchev–Trinajstić information content (AvgIpc) is 2.44. The molecule has 0 heterocycles. The first-order valence-electron chi connectivity index (χ1n) is 6.37. The number of carbonyl (C=O) groups excluding carboxylic acids is 1. The van der Waals surface area contributed by atoms with Crippen LogP contribution < -0.4 is 28.3 Å². The molecule has 0 aliphatic heterocycles. The minimum Gasteiger partial charge on any atom is -0.480 e. The Morgan fingerprint density at radius 1 is 1.04 bits per heavy atom. The molecule has 0 aromatic heterocycles. The first-order chi connectivity index (χ1) is 10.4. The number of nitrogens with two attached hydrogens (primary N) is 4. The Labute approximate surface area is 132 Å². The van der Waals surface area contributed by atoms with E-state index in [1.807, 2.05) is 0 Å². The number of amides is 2. The second-order valence-corrected chi connectivity index (χ2v) is 4.10. The Bertz CT molecular complexity index is 376. The zero-order chi connectivity index (χ0) is 19.0. The van der Waals surface area contributed by atoms with E-state index in [0.717, 1.165) is 0 Å². The minimum absolute atomic E-state index is 0.278. The molecule has 0 aromatic rings. The van der Waals surface area contributed by atoms with E-state index in [1.54, 1.807) is 0 Å². The summed E-state index contributed by atoms with van der Waals surface area (Å²) >= 11 is 0. The number of rotatable bonds is 7. The third kappa shape index (κ3) is 28.5. The maximum absolute atomic E-state index is 10.2. The standard InChI is InChI=1S/C6H13N3O3.C3H7NO2.C2H5NO2/c7-4(5(10)11)2-1-3-9-6(8)12;1-2(4)3(5)6;3-1-2(4)5/h4H,1-3,7H2,(H,10,11)(H3,8,9,12);2H,4H2,1H3,(H,5,6);1,3H2,(H,4,5). The van der Waals surface area contributed by atoms with E-state index in [4.69, 9.17) is 32.5 Å². The topological polar surface area (TPSA) is 245 Å². The molecule has 0 rings (SSSR count). The monoisotopic (exact) mass is 339 g/mol. The molecule has 0 fully saturated rings. The first kappa shape index (κ1) is 25.5. The van der Waals surface area contributed by atoms with Crippen molar-refractivity contribution in [1.29, 1.82) is 0 Å². The predicted molar refractivity (Wildman–Crippen MR) is 80.4 cm³/mol. The van der Waals surface area contributed by atoms with Gasteiger partial charge in [-0.1, -0.05) is 0 Å². The second kappa shape index (κ2) is 15.9. The molecule has 2 atom stereocenters. The maximum atomic E-state index is 10.2. The highest BCUT2D eigenvalue weighted by atomic mass is 16.4. The van der Waals surface area contributed by atoms with Crippen LogP contribution in [0, 0.1) is 0 Å². The van der Waals surface area contributed by atoms with Crippen LogP contribution in [0.25, 0.3) is 0 Å². The number of urea groups is 1. The van der Waals surface area contributed by atoms with Crippen molar-refractivity contribution < 1.29 is 34.5 Å². The van der Waals surface area contributed by atoms with Gasteiger partial charge in [-0.15, -0.1) is 0 Å². The van der Waals surface area contributed by atoms with E-state index in [9.17, 15) is 19.2 Å². The van der Waals surface area contributed by atoms with E-state index >= 15 is 0 Å². The van der Waals surface area contributed by atoms with E-state index in [-0.39, 0.29) is 6.54 Å². The van der Waals surface area contributed by atoms with Gasteiger partial charge in [-0.2, -0.15) is 0 Å². The zero-order valence-corrected chi connectivity index (χ0v) is 12.8. The molecule has 136 valence electrons. The molecule has 0 radical (unpaired) electrons. The number of primary amides is 1. The molecule has 0 bridgehead atoms. The van der Waals surface area contributed by atoms with E-state index < -0.39 is 36.0 Å². The van der Waals surface area contributed by atoms with E-state index in [0.29, 0.717) is 19.4 Å². The molecule has 0 spiro atoms. The van der Waals surface area contributed by atoms with Crippen molar-refractivity contribution in [3.05, 3.63) is 0 Å². The number of hydrogen-bond donors (Lipinski definition) is 8. The SMILES string of the molecule is CC(N)C(=O)O.NC(=O)NCCCC(N)C(=O)O.NCC(=O)O. The van der Waals surface area contributed by atoms with Crippen LogP contribution in [0.15, 0.2) is 0 Å². The molecule has 12 heteroatoms. The van der Waals surface area contributed by atoms with Crippen molar-refractivity contribution in [3.8, 4) is 0 Å². The van der Waals surface area contributed by atoms with Gasteiger partial charge in [0, 0.05) is 6.54 Å². The second-order valence-electron chi connectivity index (χ2n) is 4.10. The minimum atomic E-state index is -1.03. The van der Waals surface area contributed by atoms with Crippen molar-refractivity contribution in [2.75, 3.05) is 13.1 Å². The Morgan fingerprint density at radius 3 is 1.65 bits per heavy atom. The lowest BCUT2D eigenvalue weighted by Crippen LogP contribution is -2.33. The number of carboxylic acid groups (broad SMARTS) is 3. The molecule has 23 heavy (non-hydrogen) atoms. The van der Waals surface area contributed by atoms with Gasteiger partial charge in [0.1, 0.15) is 12.1 Å². The molecule has 2 unspecified atom stereocenters. The summed E-state index contributed by atoms with van der Waals surface area (Å²) in [6.45, 7) is 1.50. The third-order valence-corrected chi connectivity index (χ3v) is 1.87. The summed E-state index contributed by atoms with van der Waals surface area (Å²) in [6.07, 6.45) is 0.839. The smallest absolute Gasteiger partial charge is 0.320 e. The van der Waals surface area contributed by atoms with Crippen molar-refractivity contribution in [2.45, 2.75) is 31.8 Å². The fraction of sp³-hybridized carbons (Fsp3) is 0.636. The molecule has 2 amide bonds. The van der Waals surface area contributed by atoms with Gasteiger partial charge in [-0.25, -0.2) is 4.79 Å². The largest absolute Gasteiger partial charge is 0.480 e. The van der Waals surface area contributed by atoms with Crippen molar-refractivity contribution in [1.82, 2.24) is 5.32 Å². The number of carbonyl (C=O) groups is 4. The summed E-state index contributed by atoms with van der Waals surface area (Å²) in [5.74, 6) is -2.96. The highest BCUT2D eigenvalue weighted by Gasteiger charge is 2.09. The van der Waals surface area contributed by atoms with Crippen LogP contribution in [0.2, 0.25) is 0 Å². The van der Waals surface area contributed by atoms with Crippen LogP contribution in [0.1, 0.15) is 19.8 Å². The summed E-state index contributed by atoms with van der Waals surface area (Å²) in [5.41, 5.74) is 19.4. The van der Waals surface area contributed by atoms with Crippen LogP contribution in [-0.2, 0) is 14.4 Å². The fourth-order valence-electron chi connectivity index (χ4n) is 0.657. The van der Waals surface area contributed by atoms with Gasteiger partial charge < -0.3 is 43.6 Å². The fourth-order valence-corrected chi connectivity index (χ4v) is 0.657. The van der Waals surface area contributed by atoms with Gasteiger partial charge >= 0.3 is 23.9 Å². The Kier molecular flexibility index (Phi) is 17.7. The van der Waals surface area contributed by atoms with Gasteiger partial charge in [0.2, 0.25) is 0 Å². The Hall–Kier alpha value is -2.44. The van der Waals surface area contributed by atoms with Crippen LogP contribution in [0.4, 0.5) is 4.79 Å². The Morgan fingerprint density at radius 2 is 1.43 bits per heavy atom. The highest BCUT2D eigenvalue weighted by Crippen LogP contribution is 1.92.